The van der Waals surface area contributed by atoms with E-state index >= 15 is 0 Å². The van der Waals surface area contributed by atoms with Gasteiger partial charge in [-0.05, 0) is 29.8 Å². The molecule has 0 unspecified atom stereocenters. The number of nitrogens with zero attached hydrogens (tertiary/aromatic N) is 3. The van der Waals surface area contributed by atoms with E-state index in [0.29, 0.717) is 0 Å². The molecule has 4 nitrogen and oxygen atoms in total. The summed E-state index contributed by atoms with van der Waals surface area (Å²) in [6.45, 7) is 4.33. The largest absolute Gasteiger partial charge is 0.378 e. The first-order chi connectivity index (χ1) is 12.6. The van der Waals surface area contributed by atoms with Crippen LogP contribution in [0.15, 0.2) is 60.7 Å². The molecular weight excluding hydrogens is 322 g/mol. The van der Waals surface area contributed by atoms with Crippen molar-refractivity contribution >= 4 is 17.7 Å². The standard InChI is InChI=1S/C22H27N3O/c1-23(2)21-12-10-20(11-13-21)22(26)25-17-15-24(16-18-25)14-6-9-19-7-4-3-5-8-19/h3-13H,14-18H2,1-2H3/b9-6+. The first-order valence-electron chi connectivity index (χ1n) is 9.14. The smallest absolute Gasteiger partial charge is 0.253 e. The molecule has 4 heteroatoms. The van der Waals surface area contributed by atoms with Gasteiger partial charge in [0.25, 0.3) is 5.91 Å². The van der Waals surface area contributed by atoms with E-state index in [0.717, 1.165) is 44.0 Å². The van der Waals surface area contributed by atoms with E-state index in [9.17, 15) is 4.79 Å². The zero-order valence-electron chi connectivity index (χ0n) is 15.6. The summed E-state index contributed by atoms with van der Waals surface area (Å²) >= 11 is 0. The van der Waals surface area contributed by atoms with Crippen molar-refractivity contribution in [3.05, 3.63) is 71.8 Å². The number of hydrogen-bond donors (Lipinski definition) is 0. The monoisotopic (exact) mass is 349 g/mol. The van der Waals surface area contributed by atoms with E-state index in [4.69, 9.17) is 0 Å². The first-order valence-corrected chi connectivity index (χ1v) is 9.14. The van der Waals surface area contributed by atoms with Crippen molar-refractivity contribution in [2.75, 3.05) is 51.7 Å². The number of carbonyl (C=O) groups excluding carboxylic acids is 1. The van der Waals surface area contributed by atoms with Crippen LogP contribution in [0, 0.1) is 0 Å². The highest BCUT2D eigenvalue weighted by atomic mass is 16.2. The summed E-state index contributed by atoms with van der Waals surface area (Å²) in [4.78, 5) is 19.1. The number of carbonyl (C=O) groups is 1. The summed E-state index contributed by atoms with van der Waals surface area (Å²) in [6, 6.07) is 18.2. The zero-order valence-corrected chi connectivity index (χ0v) is 15.6. The van der Waals surface area contributed by atoms with Gasteiger partial charge in [0.2, 0.25) is 0 Å². The van der Waals surface area contributed by atoms with Crippen LogP contribution >= 0.6 is 0 Å². The summed E-state index contributed by atoms with van der Waals surface area (Å²) in [6.07, 6.45) is 4.36. The van der Waals surface area contributed by atoms with Gasteiger partial charge in [-0.3, -0.25) is 9.69 Å². The van der Waals surface area contributed by atoms with Crippen LogP contribution in [-0.4, -0.2) is 62.5 Å². The molecule has 26 heavy (non-hydrogen) atoms. The van der Waals surface area contributed by atoms with Crippen LogP contribution < -0.4 is 4.90 Å². The highest BCUT2D eigenvalue weighted by Crippen LogP contribution is 2.15. The quantitative estimate of drug-likeness (QED) is 0.829. The summed E-state index contributed by atoms with van der Waals surface area (Å²) < 4.78 is 0. The van der Waals surface area contributed by atoms with Crippen molar-refractivity contribution in [3.8, 4) is 0 Å². The van der Waals surface area contributed by atoms with Crippen molar-refractivity contribution < 1.29 is 4.79 Å². The molecule has 3 rings (SSSR count). The maximum absolute atomic E-state index is 12.7. The van der Waals surface area contributed by atoms with Crippen LogP contribution in [-0.2, 0) is 0 Å². The molecule has 0 aliphatic carbocycles. The predicted molar refractivity (Wildman–Crippen MR) is 109 cm³/mol. The van der Waals surface area contributed by atoms with Crippen LogP contribution in [0.25, 0.3) is 6.08 Å². The normalized spacial score (nSPS) is 15.4. The van der Waals surface area contributed by atoms with E-state index in [1.54, 1.807) is 0 Å². The van der Waals surface area contributed by atoms with Gasteiger partial charge in [-0.25, -0.2) is 0 Å². The van der Waals surface area contributed by atoms with Gasteiger partial charge in [-0.1, -0.05) is 42.5 Å². The third-order valence-corrected chi connectivity index (χ3v) is 4.76. The van der Waals surface area contributed by atoms with Crippen LogP contribution in [0.3, 0.4) is 0 Å². The van der Waals surface area contributed by atoms with Crippen LogP contribution in [0.2, 0.25) is 0 Å². The van der Waals surface area contributed by atoms with Crippen molar-refractivity contribution in [2.24, 2.45) is 0 Å². The van der Waals surface area contributed by atoms with Crippen molar-refractivity contribution in [3.63, 3.8) is 0 Å². The van der Waals surface area contributed by atoms with Gasteiger partial charge in [-0.2, -0.15) is 0 Å². The lowest BCUT2D eigenvalue weighted by Crippen LogP contribution is -2.48. The molecule has 0 aromatic heterocycles. The minimum Gasteiger partial charge on any atom is -0.378 e. The highest BCUT2D eigenvalue weighted by Gasteiger charge is 2.21. The van der Waals surface area contributed by atoms with Crippen LogP contribution in [0.1, 0.15) is 15.9 Å². The van der Waals surface area contributed by atoms with E-state index < -0.39 is 0 Å². The number of benzene rings is 2. The second kappa shape index (κ2) is 8.68. The molecule has 1 aliphatic rings. The average molecular weight is 349 g/mol. The molecule has 1 fully saturated rings. The summed E-state index contributed by atoms with van der Waals surface area (Å²) in [5.41, 5.74) is 3.10. The second-order valence-corrected chi connectivity index (χ2v) is 6.85. The lowest BCUT2D eigenvalue weighted by atomic mass is 10.1. The number of amides is 1. The summed E-state index contributed by atoms with van der Waals surface area (Å²) in [5.74, 6) is 0.134. The molecule has 1 aliphatic heterocycles. The molecule has 0 N–H and O–H groups in total. The molecule has 0 saturated carbocycles. The van der Waals surface area contributed by atoms with E-state index in [1.165, 1.54) is 5.56 Å². The molecule has 0 spiro atoms. The number of anilines is 1. The maximum Gasteiger partial charge on any atom is 0.253 e. The molecule has 0 radical (unpaired) electrons. The van der Waals surface area contributed by atoms with Gasteiger partial charge >= 0.3 is 0 Å². The Morgan fingerprint density at radius 1 is 0.962 bits per heavy atom. The third-order valence-electron chi connectivity index (χ3n) is 4.76. The van der Waals surface area contributed by atoms with Crippen LogP contribution in [0.4, 0.5) is 5.69 Å². The fourth-order valence-electron chi connectivity index (χ4n) is 3.12. The van der Waals surface area contributed by atoms with Gasteiger partial charge in [-0.15, -0.1) is 0 Å². The van der Waals surface area contributed by atoms with Gasteiger partial charge in [0.05, 0.1) is 0 Å². The fourth-order valence-corrected chi connectivity index (χ4v) is 3.12. The Morgan fingerprint density at radius 2 is 1.62 bits per heavy atom. The number of hydrogen-bond acceptors (Lipinski definition) is 3. The van der Waals surface area contributed by atoms with Crippen molar-refractivity contribution in [1.82, 2.24) is 9.80 Å². The van der Waals surface area contributed by atoms with Gasteiger partial charge in [0.1, 0.15) is 0 Å². The molecule has 0 bridgehead atoms. The Labute approximate surface area is 156 Å². The number of rotatable bonds is 5. The molecule has 0 atom stereocenters. The first kappa shape index (κ1) is 18.2. The Hall–Kier alpha value is -2.59. The average Bonchev–Trinajstić information content (AvgIpc) is 2.69. The van der Waals surface area contributed by atoms with Crippen LogP contribution in [0.5, 0.6) is 0 Å². The van der Waals surface area contributed by atoms with Crippen molar-refractivity contribution in [1.29, 1.82) is 0 Å². The lowest BCUT2D eigenvalue weighted by molar-refractivity contribution is 0.0650. The Balaban J connectivity index is 1.48. The summed E-state index contributed by atoms with van der Waals surface area (Å²) in [7, 11) is 4.00. The Kier molecular flexibility index (Phi) is 6.08. The topological polar surface area (TPSA) is 26.8 Å². The molecule has 136 valence electrons. The fraction of sp³-hybridized carbons (Fsp3) is 0.318. The van der Waals surface area contributed by atoms with E-state index in [-0.39, 0.29) is 5.91 Å². The summed E-state index contributed by atoms with van der Waals surface area (Å²) in [5, 5.41) is 0. The predicted octanol–water partition coefficient (Wildman–Crippen LogP) is 3.22. The Morgan fingerprint density at radius 3 is 2.23 bits per heavy atom. The Bertz CT molecular complexity index is 730. The van der Waals surface area contributed by atoms with E-state index in [2.05, 4.69) is 41.3 Å². The van der Waals surface area contributed by atoms with Gasteiger partial charge in [0, 0.05) is 58.1 Å². The molecule has 1 heterocycles. The zero-order chi connectivity index (χ0) is 18.4. The number of piperazine rings is 1. The third kappa shape index (κ3) is 4.73. The minimum absolute atomic E-state index is 0.134. The lowest BCUT2D eigenvalue weighted by Gasteiger charge is -2.34. The molecule has 2 aromatic carbocycles. The maximum atomic E-state index is 12.7. The van der Waals surface area contributed by atoms with Crippen molar-refractivity contribution in [2.45, 2.75) is 0 Å². The van der Waals surface area contributed by atoms with Gasteiger partial charge < -0.3 is 9.80 Å². The minimum atomic E-state index is 0.134. The molecule has 1 amide bonds. The molecule has 2 aromatic rings. The molecular formula is C22H27N3O. The van der Waals surface area contributed by atoms with Gasteiger partial charge in [0.15, 0.2) is 0 Å². The van der Waals surface area contributed by atoms with E-state index in [1.807, 2.05) is 54.2 Å². The molecule has 1 saturated heterocycles. The second-order valence-electron chi connectivity index (χ2n) is 6.85. The SMILES string of the molecule is CN(C)c1ccc(C(=O)N2CCN(C/C=C/c3ccccc3)CC2)cc1. The highest BCUT2D eigenvalue weighted by molar-refractivity contribution is 5.94.